The van der Waals surface area contributed by atoms with Gasteiger partial charge >= 0.3 is 0 Å². The van der Waals surface area contributed by atoms with E-state index in [0.29, 0.717) is 13.0 Å². The Kier molecular flexibility index (Phi) is 4.43. The van der Waals surface area contributed by atoms with Gasteiger partial charge in [0.2, 0.25) is 0 Å². The van der Waals surface area contributed by atoms with E-state index in [2.05, 4.69) is 33.2 Å². The first-order chi connectivity index (χ1) is 12.0. The predicted octanol–water partition coefficient (Wildman–Crippen LogP) is 3.52. The molecule has 0 unspecified atom stereocenters. The van der Waals surface area contributed by atoms with Crippen LogP contribution in [0.2, 0.25) is 0 Å². The first kappa shape index (κ1) is 16.9. The van der Waals surface area contributed by atoms with Crippen molar-refractivity contribution in [2.45, 2.75) is 25.8 Å². The lowest BCUT2D eigenvalue weighted by atomic mass is 9.98. The molecule has 132 valence electrons. The smallest absolute Gasteiger partial charge is 0.290 e. The predicted molar refractivity (Wildman–Crippen MR) is 92.8 cm³/mol. The number of carbonyl (C=O) groups excluding carboxylic acids is 1. The summed E-state index contributed by atoms with van der Waals surface area (Å²) in [5, 5.41) is 0. The minimum absolute atomic E-state index is 0. The van der Waals surface area contributed by atoms with Crippen LogP contribution < -0.4 is 0 Å². The van der Waals surface area contributed by atoms with Gasteiger partial charge in [-0.25, -0.2) is 18.7 Å². The highest BCUT2D eigenvalue weighted by atomic mass is 19.3. The molecule has 8 heteroatoms. The van der Waals surface area contributed by atoms with E-state index in [4.69, 9.17) is 0 Å². The van der Waals surface area contributed by atoms with Gasteiger partial charge in [0.15, 0.2) is 11.5 Å². The van der Waals surface area contributed by atoms with Crippen LogP contribution in [0.5, 0.6) is 0 Å². The van der Waals surface area contributed by atoms with Crippen molar-refractivity contribution in [1.82, 2.24) is 19.9 Å². The molecular weight excluding hydrogens is 328 g/mol. The largest absolute Gasteiger partial charge is 0.332 e. The number of fused-ring (bicyclic) bond motifs is 1. The monoisotopic (exact) mass is 347 g/mol. The lowest BCUT2D eigenvalue weighted by molar-refractivity contribution is 0.0697. The number of amides is 1. The molecule has 0 spiro atoms. The maximum Gasteiger partial charge on any atom is 0.290 e. The van der Waals surface area contributed by atoms with Gasteiger partial charge in [0.1, 0.15) is 0 Å². The lowest BCUT2D eigenvalue weighted by Crippen LogP contribution is -2.43. The molecule has 0 fully saturated rings. The van der Waals surface area contributed by atoms with Crippen molar-refractivity contribution in [2.75, 3.05) is 6.54 Å². The zero-order valence-corrected chi connectivity index (χ0v) is 13.7. The molecule has 0 saturated heterocycles. The number of nitrogens with one attached hydrogen (secondary N) is 1. The Morgan fingerprint density at radius 1 is 1.60 bits per heavy atom. The molecule has 0 aliphatic carbocycles. The molecule has 3 rings (SSSR count). The van der Waals surface area contributed by atoms with Crippen LogP contribution in [-0.4, -0.2) is 45.1 Å². The summed E-state index contributed by atoms with van der Waals surface area (Å²) in [5.41, 5.74) is 1.57. The zero-order chi connectivity index (χ0) is 18.1. The van der Waals surface area contributed by atoms with Gasteiger partial charge in [-0.3, -0.25) is 9.79 Å². The van der Waals surface area contributed by atoms with Crippen molar-refractivity contribution < 1.29 is 15.0 Å². The van der Waals surface area contributed by atoms with Crippen LogP contribution in [0.15, 0.2) is 41.2 Å². The molecule has 1 atom stereocenters. The van der Waals surface area contributed by atoms with E-state index in [-0.39, 0.29) is 35.9 Å². The average molecular weight is 347 g/mol. The van der Waals surface area contributed by atoms with Gasteiger partial charge in [0, 0.05) is 31.8 Å². The molecule has 0 bridgehead atoms. The first-order valence-electron chi connectivity index (χ1n) is 7.73. The molecule has 1 aliphatic rings. The molecule has 0 saturated carbocycles. The van der Waals surface area contributed by atoms with Crippen LogP contribution in [0.1, 0.15) is 37.4 Å². The number of H-pyrrole nitrogens is 1. The summed E-state index contributed by atoms with van der Waals surface area (Å²) in [4.78, 5) is 29.2. The third kappa shape index (κ3) is 2.84. The number of aromatic amines is 1. The molecule has 2 aromatic heterocycles. The number of rotatable bonds is 4. The Hall–Kier alpha value is -2.90. The number of hydrogen-bond acceptors (Lipinski definition) is 4. The number of nitrogens with zero attached hydrogens (tertiary/aromatic N) is 4. The average Bonchev–Trinajstić information content (AvgIpc) is 3.04. The van der Waals surface area contributed by atoms with Crippen LogP contribution in [0.3, 0.4) is 0 Å². The SMILES string of the molecule is C=CC1=C(N=C)CCN(C(=O)c2nc3nccc(C(F)F)c3[nH]2)[C@@H]1C.[HH]. The Labute approximate surface area is 144 Å². The third-order valence-corrected chi connectivity index (χ3v) is 4.37. The highest BCUT2D eigenvalue weighted by molar-refractivity contribution is 5.94. The molecule has 0 aromatic carbocycles. The van der Waals surface area contributed by atoms with Gasteiger partial charge in [-0.15, -0.1) is 0 Å². The van der Waals surface area contributed by atoms with Crippen molar-refractivity contribution in [3.63, 3.8) is 0 Å². The van der Waals surface area contributed by atoms with E-state index in [1.54, 1.807) is 11.0 Å². The maximum absolute atomic E-state index is 13.1. The highest BCUT2D eigenvalue weighted by Gasteiger charge is 2.31. The minimum atomic E-state index is -2.68. The molecule has 1 amide bonds. The van der Waals surface area contributed by atoms with Gasteiger partial charge < -0.3 is 9.88 Å². The fraction of sp³-hybridized carbons (Fsp3) is 0.294. The number of pyridine rings is 1. The molecule has 1 N–H and O–H groups in total. The van der Waals surface area contributed by atoms with Gasteiger partial charge in [0.05, 0.1) is 11.6 Å². The molecule has 0 radical (unpaired) electrons. The number of carbonyl (C=O) groups is 1. The van der Waals surface area contributed by atoms with Crippen LogP contribution in [-0.2, 0) is 0 Å². The fourth-order valence-electron chi connectivity index (χ4n) is 3.06. The second-order valence-electron chi connectivity index (χ2n) is 5.67. The molecule has 1 aliphatic heterocycles. The number of halogens is 2. The van der Waals surface area contributed by atoms with E-state index >= 15 is 0 Å². The summed E-state index contributed by atoms with van der Waals surface area (Å²) >= 11 is 0. The van der Waals surface area contributed by atoms with E-state index in [0.717, 1.165) is 11.3 Å². The molecule has 6 nitrogen and oxygen atoms in total. The Morgan fingerprint density at radius 2 is 2.36 bits per heavy atom. The van der Waals surface area contributed by atoms with Crippen LogP contribution in [0.4, 0.5) is 8.78 Å². The first-order valence-corrected chi connectivity index (χ1v) is 7.73. The number of alkyl halides is 2. The summed E-state index contributed by atoms with van der Waals surface area (Å²) in [6.45, 7) is 9.59. The maximum atomic E-state index is 13.1. The van der Waals surface area contributed by atoms with Gasteiger partial charge in [0.25, 0.3) is 12.3 Å². The van der Waals surface area contributed by atoms with Gasteiger partial charge in [-0.05, 0) is 25.3 Å². The normalized spacial score (nSPS) is 18.1. The Morgan fingerprint density at radius 3 is 3.00 bits per heavy atom. The topological polar surface area (TPSA) is 74.2 Å². The standard InChI is InChI=1S/C17H17F2N5O.H2/c1-4-10-9(2)24(8-6-12(10)20-3)17(25)16-22-13-11(14(18)19)5-7-21-15(13)23-16;/h4-5,7,9,14H,1,3,6,8H2,2H3,(H,21,22,23);1H/t9-;/m1./s1. The Bertz CT molecular complexity index is 892. The molecule has 25 heavy (non-hydrogen) atoms. The van der Waals surface area contributed by atoms with Crippen molar-refractivity contribution in [1.29, 1.82) is 0 Å². The van der Waals surface area contributed by atoms with Crippen molar-refractivity contribution in [2.24, 2.45) is 4.99 Å². The number of aromatic nitrogens is 3. The summed E-state index contributed by atoms with van der Waals surface area (Å²) in [7, 11) is 0. The molecule has 2 aromatic rings. The van der Waals surface area contributed by atoms with E-state index in [9.17, 15) is 13.6 Å². The van der Waals surface area contributed by atoms with Crippen molar-refractivity contribution >= 4 is 23.8 Å². The van der Waals surface area contributed by atoms with Crippen LogP contribution in [0.25, 0.3) is 11.2 Å². The van der Waals surface area contributed by atoms with E-state index < -0.39 is 6.43 Å². The summed E-state index contributed by atoms with van der Waals surface area (Å²) in [5.74, 6) is -0.394. The summed E-state index contributed by atoms with van der Waals surface area (Å²) < 4.78 is 26.2. The van der Waals surface area contributed by atoms with E-state index in [1.807, 2.05) is 6.92 Å². The zero-order valence-electron chi connectivity index (χ0n) is 13.7. The second kappa shape index (κ2) is 6.54. The number of hydrogen-bond donors (Lipinski definition) is 1. The van der Waals surface area contributed by atoms with Crippen LogP contribution >= 0.6 is 0 Å². The quantitative estimate of drug-likeness (QED) is 0.860. The van der Waals surface area contributed by atoms with Crippen molar-refractivity contribution in [3.8, 4) is 0 Å². The summed E-state index contributed by atoms with van der Waals surface area (Å²) in [6.07, 6.45) is 0.771. The minimum Gasteiger partial charge on any atom is -0.332 e. The third-order valence-electron chi connectivity index (χ3n) is 4.37. The Balaban J connectivity index is 0.00000243. The number of aliphatic imine (C=N–C) groups is 1. The van der Waals surface area contributed by atoms with E-state index in [1.165, 1.54) is 12.3 Å². The number of imidazole rings is 1. The van der Waals surface area contributed by atoms with Gasteiger partial charge in [-0.2, -0.15) is 0 Å². The van der Waals surface area contributed by atoms with Gasteiger partial charge in [-0.1, -0.05) is 12.7 Å². The lowest BCUT2D eigenvalue weighted by Gasteiger charge is -2.34. The molecular formula is C17H19F2N5O. The second-order valence-corrected chi connectivity index (χ2v) is 5.67. The highest BCUT2D eigenvalue weighted by Crippen LogP contribution is 2.28. The van der Waals surface area contributed by atoms with Crippen molar-refractivity contribution in [3.05, 3.63) is 47.6 Å². The fourth-order valence-corrected chi connectivity index (χ4v) is 3.06. The van der Waals surface area contributed by atoms with Crippen LogP contribution in [0, 0.1) is 0 Å². The summed E-state index contributed by atoms with van der Waals surface area (Å²) in [6, 6.07) is 0.943. The molecule has 3 heterocycles.